The minimum atomic E-state index is -0.0625. The van der Waals surface area contributed by atoms with E-state index in [2.05, 4.69) is 0 Å². The molecular weight excluding hydrogens is 292 g/mol. The summed E-state index contributed by atoms with van der Waals surface area (Å²) in [4.78, 5) is 39.0. The largest absolute Gasteiger partial charge is 0.300 e. The maximum Gasteiger partial charge on any atom is 0.137 e. The van der Waals surface area contributed by atoms with Crippen molar-refractivity contribution in [1.29, 1.82) is 0 Å². The molecule has 0 aromatic rings. The highest BCUT2D eigenvalue weighted by Crippen LogP contribution is 2.15. The van der Waals surface area contributed by atoms with Gasteiger partial charge < -0.3 is 9.59 Å². The molecule has 0 saturated heterocycles. The lowest BCUT2D eigenvalue weighted by molar-refractivity contribution is -0.124. The van der Waals surface area contributed by atoms with Crippen LogP contribution in [0.4, 0.5) is 0 Å². The highest BCUT2D eigenvalue weighted by Gasteiger charge is 1.95. The molecule has 4 nitrogen and oxygen atoms in total. The predicted octanol–water partition coefficient (Wildman–Crippen LogP) is 5.36. The van der Waals surface area contributed by atoms with Gasteiger partial charge >= 0.3 is 0 Å². The minimum absolute atomic E-state index is 0. The van der Waals surface area contributed by atoms with Crippen LogP contribution in [-0.4, -0.2) is 23.1 Å². The van der Waals surface area contributed by atoms with Crippen LogP contribution in [-0.2, 0) is 19.2 Å². The van der Waals surface area contributed by atoms with Crippen molar-refractivity contribution in [2.45, 2.75) is 101 Å². The minimum Gasteiger partial charge on any atom is -0.300 e. The second-order valence-electron chi connectivity index (χ2n) is 5.52. The molecule has 0 amide bonds. The van der Waals surface area contributed by atoms with Gasteiger partial charge in [-0.05, 0) is 41.5 Å². The molecule has 1 saturated carbocycles. The molecule has 0 bridgehead atoms. The second-order valence-corrected chi connectivity index (χ2v) is 5.52. The van der Waals surface area contributed by atoms with E-state index in [1.165, 1.54) is 80.1 Å². The van der Waals surface area contributed by atoms with Gasteiger partial charge in [0.15, 0.2) is 0 Å². The van der Waals surface area contributed by atoms with Crippen molar-refractivity contribution in [3.8, 4) is 0 Å². The molecule has 0 unspecified atom stereocenters. The third-order valence-corrected chi connectivity index (χ3v) is 2.00. The third-order valence-electron chi connectivity index (χ3n) is 2.00. The standard InChI is InChI=1S/C6H12.C5H8O2.2C3H6O.2CH4/c1-2-4-6-5-3-1;1-4(6)3-5(2)7;2*1-3(2)4;;/h1-6H2;3H2,1-2H3;2*1-2H3;2*1H4. The summed E-state index contributed by atoms with van der Waals surface area (Å²) in [5.74, 6) is 0.208. The lowest BCUT2D eigenvalue weighted by Crippen LogP contribution is -1.97. The van der Waals surface area contributed by atoms with E-state index in [-0.39, 0.29) is 44.4 Å². The molecule has 0 spiro atoms. The topological polar surface area (TPSA) is 68.3 Å². The van der Waals surface area contributed by atoms with Crippen molar-refractivity contribution in [1.82, 2.24) is 0 Å². The van der Waals surface area contributed by atoms with Gasteiger partial charge in [0.25, 0.3) is 0 Å². The summed E-state index contributed by atoms with van der Waals surface area (Å²) in [6.45, 7) is 8.92. The fourth-order valence-corrected chi connectivity index (χ4v) is 1.41. The molecule has 23 heavy (non-hydrogen) atoms. The van der Waals surface area contributed by atoms with E-state index in [1.807, 2.05) is 0 Å². The Morgan fingerprint density at radius 1 is 0.522 bits per heavy atom. The number of hydrogen-bond donors (Lipinski definition) is 0. The Balaban J connectivity index is -0.0000000626. The van der Waals surface area contributed by atoms with Crippen LogP contribution in [0.5, 0.6) is 0 Å². The van der Waals surface area contributed by atoms with Crippen LogP contribution in [0.25, 0.3) is 0 Å². The molecule has 0 aromatic carbocycles. The smallest absolute Gasteiger partial charge is 0.137 e. The Kier molecular flexibility index (Phi) is 37.1. The van der Waals surface area contributed by atoms with Gasteiger partial charge in [-0.2, -0.15) is 0 Å². The highest BCUT2D eigenvalue weighted by atomic mass is 16.1. The molecule has 0 aromatic heterocycles. The number of carbonyl (C=O) groups excluding carboxylic acids is 4. The first kappa shape index (κ1) is 33.3. The summed E-state index contributed by atoms with van der Waals surface area (Å²) in [6.07, 6.45) is 9.08. The summed E-state index contributed by atoms with van der Waals surface area (Å²) >= 11 is 0. The van der Waals surface area contributed by atoms with Crippen LogP contribution in [0.1, 0.15) is 101 Å². The van der Waals surface area contributed by atoms with Gasteiger partial charge in [0.05, 0.1) is 6.42 Å². The monoisotopic (exact) mass is 332 g/mol. The summed E-state index contributed by atoms with van der Waals surface area (Å²) < 4.78 is 0. The molecule has 0 aliphatic heterocycles. The van der Waals surface area contributed by atoms with Gasteiger partial charge in [0.2, 0.25) is 0 Å². The molecular formula is C19H40O4. The summed E-state index contributed by atoms with van der Waals surface area (Å²) in [7, 11) is 0. The Bertz CT molecular complexity index is 259. The SMILES string of the molecule is C.C.C1CCCCC1.CC(=O)CC(C)=O.CC(C)=O.CC(C)=O. The van der Waals surface area contributed by atoms with Gasteiger partial charge in [-0.15, -0.1) is 0 Å². The third kappa shape index (κ3) is 95.8. The average molecular weight is 333 g/mol. The highest BCUT2D eigenvalue weighted by molar-refractivity contribution is 5.96. The van der Waals surface area contributed by atoms with Crippen molar-refractivity contribution < 1.29 is 19.2 Å². The van der Waals surface area contributed by atoms with Gasteiger partial charge in [-0.25, -0.2) is 0 Å². The molecule has 4 heteroatoms. The number of carbonyl (C=O) groups is 4. The van der Waals surface area contributed by atoms with E-state index < -0.39 is 0 Å². The molecule has 0 N–H and O–H groups in total. The van der Waals surface area contributed by atoms with E-state index in [1.54, 1.807) is 0 Å². The van der Waals surface area contributed by atoms with Crippen molar-refractivity contribution in [2.75, 3.05) is 0 Å². The van der Waals surface area contributed by atoms with Crippen LogP contribution < -0.4 is 0 Å². The quantitative estimate of drug-likeness (QED) is 0.638. The number of ketones is 4. The van der Waals surface area contributed by atoms with Crippen molar-refractivity contribution in [3.05, 3.63) is 0 Å². The molecule has 140 valence electrons. The molecule has 0 heterocycles. The number of hydrogen-bond acceptors (Lipinski definition) is 4. The van der Waals surface area contributed by atoms with E-state index in [4.69, 9.17) is 0 Å². The molecule has 1 aliphatic rings. The van der Waals surface area contributed by atoms with Crippen LogP contribution in [0.3, 0.4) is 0 Å². The molecule has 1 rings (SSSR count). The summed E-state index contributed by atoms with van der Waals surface area (Å²) in [5.41, 5.74) is 0. The molecule has 0 atom stereocenters. The van der Waals surface area contributed by atoms with E-state index >= 15 is 0 Å². The van der Waals surface area contributed by atoms with Gasteiger partial charge in [-0.1, -0.05) is 53.4 Å². The number of Topliss-reactive ketones (excluding diaryl/α,β-unsaturated/α-hetero) is 4. The maximum atomic E-state index is 10.0. The first-order chi connectivity index (χ1) is 9.59. The van der Waals surface area contributed by atoms with E-state index in [9.17, 15) is 19.2 Å². The van der Waals surface area contributed by atoms with Crippen LogP contribution in [0.15, 0.2) is 0 Å². The normalized spacial score (nSPS) is 11.0. The average Bonchev–Trinajstić information content (AvgIpc) is 2.28. The van der Waals surface area contributed by atoms with Crippen LogP contribution >= 0.6 is 0 Å². The van der Waals surface area contributed by atoms with Crippen LogP contribution in [0.2, 0.25) is 0 Å². The Morgan fingerprint density at radius 3 is 0.696 bits per heavy atom. The van der Waals surface area contributed by atoms with Crippen molar-refractivity contribution in [3.63, 3.8) is 0 Å². The van der Waals surface area contributed by atoms with Gasteiger partial charge in [0, 0.05) is 0 Å². The lowest BCUT2D eigenvalue weighted by Gasteiger charge is -2.05. The van der Waals surface area contributed by atoms with Crippen LogP contribution in [0, 0.1) is 0 Å². The zero-order valence-corrected chi connectivity index (χ0v) is 14.6. The Morgan fingerprint density at radius 2 is 0.652 bits per heavy atom. The molecule has 1 fully saturated rings. The Hall–Kier alpha value is -1.32. The Labute approximate surface area is 144 Å². The fraction of sp³-hybridized carbons (Fsp3) is 0.789. The predicted molar refractivity (Wildman–Crippen MR) is 99.9 cm³/mol. The maximum absolute atomic E-state index is 10.0. The summed E-state index contributed by atoms with van der Waals surface area (Å²) in [5, 5.41) is 0. The first-order valence-electron chi connectivity index (χ1n) is 7.52. The lowest BCUT2D eigenvalue weighted by atomic mass is 10.0. The number of rotatable bonds is 2. The van der Waals surface area contributed by atoms with Crippen molar-refractivity contribution in [2.24, 2.45) is 0 Å². The van der Waals surface area contributed by atoms with Crippen molar-refractivity contribution >= 4 is 23.1 Å². The summed E-state index contributed by atoms with van der Waals surface area (Å²) in [6, 6.07) is 0. The molecule has 1 aliphatic carbocycles. The molecule has 0 radical (unpaired) electrons. The van der Waals surface area contributed by atoms with E-state index in [0.717, 1.165) is 0 Å². The first-order valence-corrected chi connectivity index (χ1v) is 7.52. The zero-order valence-electron chi connectivity index (χ0n) is 14.6. The fourth-order valence-electron chi connectivity index (χ4n) is 1.41. The van der Waals surface area contributed by atoms with E-state index in [0.29, 0.717) is 0 Å². The second kappa shape index (κ2) is 25.6. The zero-order chi connectivity index (χ0) is 17.3. The van der Waals surface area contributed by atoms with Gasteiger partial charge in [-0.3, -0.25) is 9.59 Å². The van der Waals surface area contributed by atoms with Gasteiger partial charge in [0.1, 0.15) is 23.1 Å².